The van der Waals surface area contributed by atoms with Crippen LogP contribution in [-0.4, -0.2) is 29.1 Å². The van der Waals surface area contributed by atoms with Crippen molar-refractivity contribution in [3.05, 3.63) is 0 Å². The molecule has 4 nitrogen and oxygen atoms in total. The number of carbonyl (C=O) groups is 1. The molecule has 0 aliphatic rings. The summed E-state index contributed by atoms with van der Waals surface area (Å²) in [5, 5.41) is 6.50. The maximum atomic E-state index is 11.3. The monoisotopic (exact) mass is 190 g/mol. The Hall–Kier alpha value is -0.610. The number of hydrogen-bond donors (Lipinski definition) is 2. The highest BCUT2D eigenvalue weighted by Crippen LogP contribution is 2.03. The smallest absolute Gasteiger partial charge is 0.222 e. The van der Waals surface area contributed by atoms with Crippen LogP contribution in [-0.2, 0) is 4.79 Å². The van der Waals surface area contributed by atoms with Crippen LogP contribution in [0.5, 0.6) is 0 Å². The van der Waals surface area contributed by atoms with E-state index in [1.165, 1.54) is 0 Å². The second kappa shape index (κ2) is 9.48. The molecule has 0 atom stereocenters. The van der Waals surface area contributed by atoms with Gasteiger partial charge in [-0.1, -0.05) is 13.8 Å². The van der Waals surface area contributed by atoms with E-state index in [9.17, 15) is 4.79 Å². The minimum absolute atomic E-state index is 0.282. The minimum Gasteiger partial charge on any atom is -0.343 e. The second-order valence-electron chi connectivity index (χ2n) is 3.16. The van der Waals surface area contributed by atoms with Crippen LogP contribution in [0.15, 0.2) is 0 Å². The van der Waals surface area contributed by atoms with Crippen molar-refractivity contribution in [2.75, 3.05) is 13.1 Å². The Balaban J connectivity index is 0. The van der Waals surface area contributed by atoms with Crippen molar-refractivity contribution in [2.24, 2.45) is 11.8 Å². The van der Waals surface area contributed by atoms with Gasteiger partial charge in [0, 0.05) is 19.5 Å². The molecule has 0 saturated heterocycles. The molecule has 0 fully saturated rings. The van der Waals surface area contributed by atoms with Gasteiger partial charge in [0.15, 0.2) is 0 Å². The first kappa shape index (κ1) is 14.9. The van der Waals surface area contributed by atoms with Gasteiger partial charge in [0.05, 0.1) is 0 Å². The van der Waals surface area contributed by atoms with Crippen LogP contribution in [0.2, 0.25) is 0 Å². The Morgan fingerprint density at radius 1 is 1.31 bits per heavy atom. The molecule has 0 spiro atoms. The summed E-state index contributed by atoms with van der Waals surface area (Å²) < 4.78 is 0. The Morgan fingerprint density at radius 2 is 1.69 bits per heavy atom. The van der Waals surface area contributed by atoms with Gasteiger partial charge in [-0.3, -0.25) is 4.79 Å². The fraction of sp³-hybridized carbons (Fsp3) is 0.889. The van der Waals surface area contributed by atoms with E-state index in [0.29, 0.717) is 12.3 Å². The molecule has 0 bridgehead atoms. The van der Waals surface area contributed by atoms with Crippen molar-refractivity contribution in [1.82, 2.24) is 4.90 Å². The van der Waals surface area contributed by atoms with Crippen LogP contribution in [0.25, 0.3) is 0 Å². The van der Waals surface area contributed by atoms with Crippen molar-refractivity contribution in [2.45, 2.75) is 34.1 Å². The first-order valence-electron chi connectivity index (χ1n) is 4.65. The number of hydrogen-bond acceptors (Lipinski definition) is 3. The second-order valence-corrected chi connectivity index (χ2v) is 3.16. The standard InChI is InChI=1S/C9H19NO.H3NO/c1-5-10(6-2)9(11)7-8(3)4;1-2/h8H,5-7H2,1-4H3;2H,1H2. The summed E-state index contributed by atoms with van der Waals surface area (Å²) in [6.07, 6.45) is 0.682. The zero-order valence-electron chi connectivity index (χ0n) is 9.08. The summed E-state index contributed by atoms with van der Waals surface area (Å²) in [5.74, 6) is 4.26. The summed E-state index contributed by atoms with van der Waals surface area (Å²) >= 11 is 0. The van der Waals surface area contributed by atoms with Crippen molar-refractivity contribution in [3.8, 4) is 0 Å². The lowest BCUT2D eigenvalue weighted by Gasteiger charge is -2.19. The van der Waals surface area contributed by atoms with Crippen LogP contribution in [0.3, 0.4) is 0 Å². The number of nitrogens with zero attached hydrogens (tertiary/aromatic N) is 1. The average molecular weight is 190 g/mol. The van der Waals surface area contributed by atoms with Crippen molar-refractivity contribution in [1.29, 1.82) is 0 Å². The maximum Gasteiger partial charge on any atom is 0.222 e. The van der Waals surface area contributed by atoms with Crippen molar-refractivity contribution in [3.63, 3.8) is 0 Å². The summed E-state index contributed by atoms with van der Waals surface area (Å²) in [5.41, 5.74) is 0. The van der Waals surface area contributed by atoms with E-state index in [0.717, 1.165) is 13.1 Å². The highest BCUT2D eigenvalue weighted by molar-refractivity contribution is 5.76. The van der Waals surface area contributed by atoms with E-state index < -0.39 is 0 Å². The number of rotatable bonds is 4. The molecule has 0 aromatic carbocycles. The molecule has 4 heteroatoms. The third kappa shape index (κ3) is 7.74. The molecule has 0 aliphatic carbocycles. The van der Waals surface area contributed by atoms with Crippen LogP contribution in [0.1, 0.15) is 34.1 Å². The van der Waals surface area contributed by atoms with Gasteiger partial charge in [-0.25, -0.2) is 5.90 Å². The van der Waals surface area contributed by atoms with Crippen molar-refractivity contribution < 1.29 is 10.0 Å². The van der Waals surface area contributed by atoms with Crippen LogP contribution in [0, 0.1) is 5.92 Å². The molecule has 1 amide bonds. The molecule has 0 unspecified atom stereocenters. The fourth-order valence-corrected chi connectivity index (χ4v) is 1.05. The molecule has 13 heavy (non-hydrogen) atoms. The summed E-state index contributed by atoms with van der Waals surface area (Å²) in [6.45, 7) is 9.84. The van der Waals surface area contributed by atoms with Gasteiger partial charge in [-0.15, -0.1) is 0 Å². The van der Waals surface area contributed by atoms with Crippen LogP contribution >= 0.6 is 0 Å². The molecular formula is C9H22N2O2. The molecule has 0 rings (SSSR count). The Kier molecular flexibility index (Phi) is 10.9. The zero-order valence-corrected chi connectivity index (χ0v) is 9.08. The Labute approximate surface area is 80.7 Å². The maximum absolute atomic E-state index is 11.3. The van der Waals surface area contributed by atoms with Gasteiger partial charge in [-0.05, 0) is 19.8 Å². The molecule has 0 radical (unpaired) electrons. The van der Waals surface area contributed by atoms with E-state index >= 15 is 0 Å². The summed E-state index contributed by atoms with van der Waals surface area (Å²) in [7, 11) is 0. The normalized spacial score (nSPS) is 9.15. The lowest BCUT2D eigenvalue weighted by atomic mass is 10.1. The minimum atomic E-state index is 0.282. The number of amides is 1. The third-order valence-electron chi connectivity index (χ3n) is 1.70. The predicted octanol–water partition coefficient (Wildman–Crippen LogP) is 1.24. The van der Waals surface area contributed by atoms with Gasteiger partial charge in [0.25, 0.3) is 0 Å². The van der Waals surface area contributed by atoms with E-state index in [-0.39, 0.29) is 5.91 Å². The fourth-order valence-electron chi connectivity index (χ4n) is 1.05. The summed E-state index contributed by atoms with van der Waals surface area (Å²) in [6, 6.07) is 0. The molecule has 3 N–H and O–H groups in total. The predicted molar refractivity (Wildman–Crippen MR) is 53.4 cm³/mol. The SMILES string of the molecule is CCN(CC)C(=O)CC(C)C.NO. The molecule has 0 aromatic heterocycles. The Morgan fingerprint density at radius 3 is 1.92 bits per heavy atom. The van der Waals surface area contributed by atoms with Gasteiger partial charge in [0.1, 0.15) is 0 Å². The first-order valence-corrected chi connectivity index (χ1v) is 4.65. The summed E-state index contributed by atoms with van der Waals surface area (Å²) in [4.78, 5) is 13.2. The Bertz CT molecular complexity index is 123. The lowest BCUT2D eigenvalue weighted by molar-refractivity contribution is -0.131. The largest absolute Gasteiger partial charge is 0.343 e. The van der Waals surface area contributed by atoms with Gasteiger partial charge in [0.2, 0.25) is 5.91 Å². The van der Waals surface area contributed by atoms with Gasteiger partial charge < -0.3 is 10.1 Å². The van der Waals surface area contributed by atoms with Crippen molar-refractivity contribution >= 4 is 5.91 Å². The molecule has 0 aromatic rings. The first-order chi connectivity index (χ1) is 6.11. The quantitative estimate of drug-likeness (QED) is 0.655. The molecule has 0 heterocycles. The average Bonchev–Trinajstić information content (AvgIpc) is 2.08. The molecule has 80 valence electrons. The highest BCUT2D eigenvalue weighted by Gasteiger charge is 2.10. The lowest BCUT2D eigenvalue weighted by Crippen LogP contribution is -2.31. The van der Waals surface area contributed by atoms with E-state index in [1.54, 1.807) is 0 Å². The zero-order chi connectivity index (χ0) is 10.9. The number of nitrogens with two attached hydrogens (primary N) is 1. The van der Waals surface area contributed by atoms with E-state index in [1.807, 2.05) is 18.7 Å². The molecule has 0 saturated carbocycles. The van der Waals surface area contributed by atoms with E-state index in [4.69, 9.17) is 5.21 Å². The van der Waals surface area contributed by atoms with Crippen LogP contribution in [0.4, 0.5) is 0 Å². The van der Waals surface area contributed by atoms with Gasteiger partial charge >= 0.3 is 0 Å². The third-order valence-corrected chi connectivity index (χ3v) is 1.70. The van der Waals surface area contributed by atoms with Gasteiger partial charge in [-0.2, -0.15) is 0 Å². The number of carbonyl (C=O) groups excluding carboxylic acids is 1. The molecule has 0 aliphatic heterocycles. The van der Waals surface area contributed by atoms with Crippen LogP contribution < -0.4 is 5.90 Å². The molecular weight excluding hydrogens is 168 g/mol. The van der Waals surface area contributed by atoms with E-state index in [2.05, 4.69) is 19.7 Å². The topological polar surface area (TPSA) is 66.6 Å². The highest BCUT2D eigenvalue weighted by atomic mass is 16.4.